The molecule has 0 radical (unpaired) electrons. The molecule has 0 aliphatic rings. The SMILES string of the molecule is CCNc1cc(-c2ccccc2)nc(-c2ccc(Br)o2)n1. The Labute approximate surface area is 131 Å². The van der Waals surface area contributed by atoms with E-state index in [0.717, 1.165) is 23.6 Å². The lowest BCUT2D eigenvalue weighted by Crippen LogP contribution is -2.02. The second kappa shape index (κ2) is 6.10. The second-order valence-corrected chi connectivity index (χ2v) is 5.24. The predicted molar refractivity (Wildman–Crippen MR) is 87.0 cm³/mol. The zero-order valence-corrected chi connectivity index (χ0v) is 13.1. The lowest BCUT2D eigenvalue weighted by atomic mass is 10.1. The molecule has 0 atom stereocenters. The molecule has 0 aliphatic heterocycles. The molecule has 2 aromatic heterocycles. The molecular weight excluding hydrogens is 330 g/mol. The van der Waals surface area contributed by atoms with E-state index >= 15 is 0 Å². The average molecular weight is 344 g/mol. The second-order valence-electron chi connectivity index (χ2n) is 4.46. The van der Waals surface area contributed by atoms with E-state index < -0.39 is 0 Å². The fourth-order valence-electron chi connectivity index (χ4n) is 2.02. The molecule has 0 aliphatic carbocycles. The van der Waals surface area contributed by atoms with E-state index in [0.29, 0.717) is 16.3 Å². The lowest BCUT2D eigenvalue weighted by molar-refractivity contribution is 0.551. The van der Waals surface area contributed by atoms with Crippen molar-refractivity contribution in [2.24, 2.45) is 0 Å². The molecule has 0 spiro atoms. The highest BCUT2D eigenvalue weighted by Crippen LogP contribution is 2.26. The third-order valence-electron chi connectivity index (χ3n) is 2.95. The van der Waals surface area contributed by atoms with Gasteiger partial charge in [0.2, 0.25) is 0 Å². The van der Waals surface area contributed by atoms with Crippen LogP contribution in [0, 0.1) is 0 Å². The molecule has 3 aromatic rings. The van der Waals surface area contributed by atoms with Gasteiger partial charge in [0.05, 0.1) is 5.69 Å². The van der Waals surface area contributed by atoms with Gasteiger partial charge in [-0.3, -0.25) is 0 Å². The fourth-order valence-corrected chi connectivity index (χ4v) is 2.33. The largest absolute Gasteiger partial charge is 0.446 e. The number of hydrogen-bond acceptors (Lipinski definition) is 4. The minimum absolute atomic E-state index is 0.568. The van der Waals surface area contributed by atoms with Crippen LogP contribution in [0.5, 0.6) is 0 Å². The standard InChI is InChI=1S/C16H14BrN3O/c1-2-18-15-10-12(11-6-4-3-5-7-11)19-16(20-15)13-8-9-14(17)21-13/h3-10H,2H2,1H3,(H,18,19,20). The van der Waals surface area contributed by atoms with Crippen LogP contribution in [0.25, 0.3) is 22.8 Å². The average Bonchev–Trinajstić information content (AvgIpc) is 2.95. The van der Waals surface area contributed by atoms with E-state index in [1.165, 1.54) is 0 Å². The monoisotopic (exact) mass is 343 g/mol. The van der Waals surface area contributed by atoms with E-state index in [1.807, 2.05) is 55.5 Å². The molecule has 0 saturated heterocycles. The van der Waals surface area contributed by atoms with Gasteiger partial charge < -0.3 is 9.73 Å². The van der Waals surface area contributed by atoms with Crippen LogP contribution in [0.1, 0.15) is 6.92 Å². The summed E-state index contributed by atoms with van der Waals surface area (Å²) in [4.78, 5) is 9.10. The highest BCUT2D eigenvalue weighted by molar-refractivity contribution is 9.10. The highest BCUT2D eigenvalue weighted by atomic mass is 79.9. The van der Waals surface area contributed by atoms with E-state index in [-0.39, 0.29) is 0 Å². The maximum atomic E-state index is 5.56. The summed E-state index contributed by atoms with van der Waals surface area (Å²) in [6.07, 6.45) is 0. The van der Waals surface area contributed by atoms with E-state index in [1.54, 1.807) is 0 Å². The summed E-state index contributed by atoms with van der Waals surface area (Å²) in [6.45, 7) is 2.83. The van der Waals surface area contributed by atoms with Gasteiger partial charge in [0.15, 0.2) is 16.3 Å². The Hall–Kier alpha value is -2.14. The molecule has 1 aromatic carbocycles. The summed E-state index contributed by atoms with van der Waals surface area (Å²) >= 11 is 3.30. The number of hydrogen-bond donors (Lipinski definition) is 1. The maximum Gasteiger partial charge on any atom is 0.198 e. The Bertz CT molecular complexity index is 740. The van der Waals surface area contributed by atoms with Crippen LogP contribution in [0.2, 0.25) is 0 Å². The summed E-state index contributed by atoms with van der Waals surface area (Å²) in [5.74, 6) is 1.99. The number of rotatable bonds is 4. The quantitative estimate of drug-likeness (QED) is 0.752. The zero-order valence-electron chi connectivity index (χ0n) is 11.5. The Balaban J connectivity index is 2.10. The summed E-state index contributed by atoms with van der Waals surface area (Å²) < 4.78 is 6.22. The van der Waals surface area contributed by atoms with Crippen molar-refractivity contribution in [1.82, 2.24) is 9.97 Å². The summed E-state index contributed by atoms with van der Waals surface area (Å²) in [6, 6.07) is 15.7. The number of benzene rings is 1. The highest BCUT2D eigenvalue weighted by Gasteiger charge is 2.11. The first-order valence-electron chi connectivity index (χ1n) is 6.70. The molecular formula is C16H14BrN3O. The predicted octanol–water partition coefficient (Wildman–Crippen LogP) is 4.60. The van der Waals surface area contributed by atoms with Gasteiger partial charge in [-0.1, -0.05) is 30.3 Å². The first-order chi connectivity index (χ1) is 10.3. The molecule has 0 saturated carbocycles. The van der Waals surface area contributed by atoms with E-state index in [9.17, 15) is 0 Å². The molecule has 4 nitrogen and oxygen atoms in total. The molecule has 2 heterocycles. The van der Waals surface area contributed by atoms with Crippen molar-refractivity contribution in [3.8, 4) is 22.8 Å². The minimum atomic E-state index is 0.568. The Morgan fingerprint density at radius 2 is 1.90 bits per heavy atom. The molecule has 0 bridgehead atoms. The third-order valence-corrected chi connectivity index (χ3v) is 3.37. The van der Waals surface area contributed by atoms with Gasteiger partial charge in [-0.05, 0) is 35.0 Å². The molecule has 21 heavy (non-hydrogen) atoms. The smallest absolute Gasteiger partial charge is 0.198 e. The van der Waals surface area contributed by atoms with Crippen LogP contribution in [-0.2, 0) is 0 Å². The van der Waals surface area contributed by atoms with E-state index in [2.05, 4.69) is 31.2 Å². The van der Waals surface area contributed by atoms with Gasteiger partial charge in [0, 0.05) is 18.2 Å². The number of nitrogens with zero attached hydrogens (tertiary/aromatic N) is 2. The molecule has 1 N–H and O–H groups in total. The van der Waals surface area contributed by atoms with Crippen LogP contribution >= 0.6 is 15.9 Å². The zero-order chi connectivity index (χ0) is 14.7. The summed E-state index contributed by atoms with van der Waals surface area (Å²) in [7, 11) is 0. The van der Waals surface area contributed by atoms with Crippen molar-refractivity contribution in [1.29, 1.82) is 0 Å². The van der Waals surface area contributed by atoms with Gasteiger partial charge in [-0.15, -0.1) is 0 Å². The molecule has 0 unspecified atom stereocenters. The topological polar surface area (TPSA) is 51.0 Å². The Morgan fingerprint density at radius 3 is 2.57 bits per heavy atom. The van der Waals surface area contributed by atoms with Gasteiger partial charge >= 0.3 is 0 Å². The maximum absolute atomic E-state index is 5.56. The van der Waals surface area contributed by atoms with Crippen molar-refractivity contribution in [3.63, 3.8) is 0 Å². The van der Waals surface area contributed by atoms with Gasteiger partial charge in [0.25, 0.3) is 0 Å². The number of nitrogens with one attached hydrogen (secondary N) is 1. The summed E-state index contributed by atoms with van der Waals surface area (Å²) in [5.41, 5.74) is 1.91. The number of furan rings is 1. The first kappa shape index (κ1) is 13.8. The number of halogens is 1. The van der Waals surface area contributed by atoms with Gasteiger partial charge in [-0.25, -0.2) is 9.97 Å². The van der Waals surface area contributed by atoms with Gasteiger partial charge in [-0.2, -0.15) is 0 Å². The van der Waals surface area contributed by atoms with Crippen molar-refractivity contribution in [3.05, 3.63) is 53.2 Å². The summed E-state index contributed by atoms with van der Waals surface area (Å²) in [5, 5.41) is 3.23. The van der Waals surface area contributed by atoms with E-state index in [4.69, 9.17) is 4.42 Å². The van der Waals surface area contributed by atoms with Crippen LogP contribution in [0.4, 0.5) is 5.82 Å². The molecule has 0 fully saturated rings. The van der Waals surface area contributed by atoms with Crippen LogP contribution in [0.3, 0.4) is 0 Å². The first-order valence-corrected chi connectivity index (χ1v) is 7.49. The van der Waals surface area contributed by atoms with Crippen molar-refractivity contribution >= 4 is 21.7 Å². The van der Waals surface area contributed by atoms with Gasteiger partial charge in [0.1, 0.15) is 5.82 Å². The van der Waals surface area contributed by atoms with Crippen LogP contribution in [-0.4, -0.2) is 16.5 Å². The molecule has 3 rings (SSSR count). The van der Waals surface area contributed by atoms with Crippen LogP contribution in [0.15, 0.2) is 57.6 Å². The molecule has 0 amide bonds. The Kier molecular flexibility index (Phi) is 4.01. The third kappa shape index (κ3) is 3.13. The molecule has 106 valence electrons. The van der Waals surface area contributed by atoms with Crippen molar-refractivity contribution < 1.29 is 4.42 Å². The normalized spacial score (nSPS) is 10.6. The fraction of sp³-hybridized carbons (Fsp3) is 0.125. The minimum Gasteiger partial charge on any atom is -0.446 e. The number of aromatic nitrogens is 2. The lowest BCUT2D eigenvalue weighted by Gasteiger charge is -2.08. The Morgan fingerprint density at radius 1 is 1.10 bits per heavy atom. The number of anilines is 1. The van der Waals surface area contributed by atoms with Crippen LogP contribution < -0.4 is 5.32 Å². The van der Waals surface area contributed by atoms with Crippen molar-refractivity contribution in [2.75, 3.05) is 11.9 Å². The molecule has 5 heteroatoms. The van der Waals surface area contributed by atoms with Crippen molar-refractivity contribution in [2.45, 2.75) is 6.92 Å².